The van der Waals surface area contributed by atoms with Gasteiger partial charge in [0.15, 0.2) is 11.5 Å². The summed E-state index contributed by atoms with van der Waals surface area (Å²) in [6, 6.07) is 12.1. The van der Waals surface area contributed by atoms with Gasteiger partial charge in [-0.2, -0.15) is 0 Å². The van der Waals surface area contributed by atoms with Crippen molar-refractivity contribution in [3.05, 3.63) is 59.4 Å². The van der Waals surface area contributed by atoms with Gasteiger partial charge in [-0.15, -0.1) is 0 Å². The number of halogens is 1. The molecule has 2 aromatic rings. The maximum absolute atomic E-state index is 13.2. The molecule has 0 aromatic heterocycles. The molecule has 0 spiro atoms. The Labute approximate surface area is 153 Å². The van der Waals surface area contributed by atoms with E-state index in [1.165, 1.54) is 12.1 Å². The summed E-state index contributed by atoms with van der Waals surface area (Å²) in [5.74, 6) is 1.02. The standard InChI is InChI=1S/C20H25FN2O3/c1-23(13-16-5-4-6-17(21)11-16)14-20(24)22-10-9-15-7-8-18(25-2)19(12-15)26-3/h4-8,11-12H,9-10,13-14H2,1-3H3,(H,22,24). The predicted octanol–water partition coefficient (Wildman–Crippen LogP) is 2.63. The van der Waals surface area contributed by atoms with Crippen molar-refractivity contribution in [3.63, 3.8) is 0 Å². The van der Waals surface area contributed by atoms with Crippen LogP contribution in [0.1, 0.15) is 11.1 Å². The minimum Gasteiger partial charge on any atom is -0.493 e. The first-order chi connectivity index (χ1) is 12.5. The second kappa shape index (κ2) is 9.77. The number of ether oxygens (including phenoxy) is 2. The molecule has 0 aliphatic rings. The number of amides is 1. The highest BCUT2D eigenvalue weighted by Gasteiger charge is 2.08. The molecule has 0 fully saturated rings. The molecule has 5 nitrogen and oxygen atoms in total. The monoisotopic (exact) mass is 360 g/mol. The van der Waals surface area contributed by atoms with Crippen LogP contribution in [0.15, 0.2) is 42.5 Å². The SMILES string of the molecule is COc1ccc(CCNC(=O)CN(C)Cc2cccc(F)c2)cc1OC. The smallest absolute Gasteiger partial charge is 0.234 e. The van der Waals surface area contributed by atoms with Crippen molar-refractivity contribution in [3.8, 4) is 11.5 Å². The van der Waals surface area contributed by atoms with E-state index < -0.39 is 0 Å². The third-order valence-corrected chi connectivity index (χ3v) is 3.94. The van der Waals surface area contributed by atoms with Gasteiger partial charge in [-0.25, -0.2) is 4.39 Å². The molecular formula is C20H25FN2O3. The van der Waals surface area contributed by atoms with E-state index in [9.17, 15) is 9.18 Å². The molecule has 140 valence electrons. The largest absolute Gasteiger partial charge is 0.493 e. The first-order valence-corrected chi connectivity index (χ1v) is 8.42. The highest BCUT2D eigenvalue weighted by Crippen LogP contribution is 2.27. The van der Waals surface area contributed by atoms with Gasteiger partial charge < -0.3 is 14.8 Å². The van der Waals surface area contributed by atoms with Gasteiger partial charge in [-0.05, 0) is 48.9 Å². The Morgan fingerprint density at radius 1 is 1.08 bits per heavy atom. The van der Waals surface area contributed by atoms with Crippen molar-refractivity contribution in [2.75, 3.05) is 34.4 Å². The molecular weight excluding hydrogens is 335 g/mol. The maximum Gasteiger partial charge on any atom is 0.234 e. The van der Waals surface area contributed by atoms with Gasteiger partial charge in [0.2, 0.25) is 5.91 Å². The fraction of sp³-hybridized carbons (Fsp3) is 0.350. The third-order valence-electron chi connectivity index (χ3n) is 3.94. The molecule has 0 aliphatic heterocycles. The second-order valence-electron chi connectivity index (χ2n) is 6.09. The third kappa shape index (κ3) is 6.04. The number of benzene rings is 2. The lowest BCUT2D eigenvalue weighted by molar-refractivity contribution is -0.122. The predicted molar refractivity (Wildman–Crippen MR) is 99.0 cm³/mol. The molecule has 6 heteroatoms. The van der Waals surface area contributed by atoms with Gasteiger partial charge in [-0.3, -0.25) is 9.69 Å². The molecule has 0 atom stereocenters. The summed E-state index contributed by atoms with van der Waals surface area (Å²) in [6.45, 7) is 1.30. The van der Waals surface area contributed by atoms with Crippen LogP contribution in [-0.4, -0.2) is 45.2 Å². The van der Waals surface area contributed by atoms with Crippen molar-refractivity contribution in [2.24, 2.45) is 0 Å². The number of carbonyl (C=O) groups is 1. The summed E-state index contributed by atoms with van der Waals surface area (Å²) in [7, 11) is 5.02. The highest BCUT2D eigenvalue weighted by atomic mass is 19.1. The van der Waals surface area contributed by atoms with Crippen LogP contribution in [0, 0.1) is 5.82 Å². The summed E-state index contributed by atoms with van der Waals surface area (Å²) in [5.41, 5.74) is 1.89. The van der Waals surface area contributed by atoms with Gasteiger partial charge in [0.1, 0.15) is 5.82 Å². The van der Waals surface area contributed by atoms with E-state index in [4.69, 9.17) is 9.47 Å². The van der Waals surface area contributed by atoms with E-state index in [1.54, 1.807) is 20.3 Å². The zero-order valence-electron chi connectivity index (χ0n) is 15.4. The molecule has 1 amide bonds. The average molecular weight is 360 g/mol. The molecule has 0 saturated carbocycles. The normalized spacial score (nSPS) is 10.7. The molecule has 2 rings (SSSR count). The van der Waals surface area contributed by atoms with Gasteiger partial charge in [0.05, 0.1) is 20.8 Å². The van der Waals surface area contributed by atoms with Crippen LogP contribution < -0.4 is 14.8 Å². The molecule has 26 heavy (non-hydrogen) atoms. The average Bonchev–Trinajstić information content (AvgIpc) is 2.61. The maximum atomic E-state index is 13.2. The molecule has 0 heterocycles. The Balaban J connectivity index is 1.76. The van der Waals surface area contributed by atoms with Gasteiger partial charge >= 0.3 is 0 Å². The number of likely N-dealkylation sites (N-methyl/N-ethyl adjacent to an activating group) is 1. The summed E-state index contributed by atoms with van der Waals surface area (Å²) < 4.78 is 23.7. The van der Waals surface area contributed by atoms with Crippen LogP contribution in [0.25, 0.3) is 0 Å². The van der Waals surface area contributed by atoms with Gasteiger partial charge in [-0.1, -0.05) is 18.2 Å². The van der Waals surface area contributed by atoms with E-state index in [2.05, 4.69) is 5.32 Å². The minimum absolute atomic E-state index is 0.0654. The summed E-state index contributed by atoms with van der Waals surface area (Å²) in [5, 5.41) is 2.90. The zero-order chi connectivity index (χ0) is 18.9. The number of hydrogen-bond acceptors (Lipinski definition) is 4. The summed E-state index contributed by atoms with van der Waals surface area (Å²) in [6.07, 6.45) is 0.694. The van der Waals surface area contributed by atoms with E-state index in [0.717, 1.165) is 11.1 Å². The van der Waals surface area contributed by atoms with Crippen molar-refractivity contribution in [2.45, 2.75) is 13.0 Å². The lowest BCUT2D eigenvalue weighted by Crippen LogP contribution is -2.35. The second-order valence-corrected chi connectivity index (χ2v) is 6.09. The summed E-state index contributed by atoms with van der Waals surface area (Å²) in [4.78, 5) is 13.9. The van der Waals surface area contributed by atoms with Crippen LogP contribution >= 0.6 is 0 Å². The fourth-order valence-electron chi connectivity index (χ4n) is 2.69. The van der Waals surface area contributed by atoms with Crippen molar-refractivity contribution in [1.82, 2.24) is 10.2 Å². The number of hydrogen-bond donors (Lipinski definition) is 1. The van der Waals surface area contributed by atoms with E-state index in [0.29, 0.717) is 31.0 Å². The van der Waals surface area contributed by atoms with Crippen LogP contribution in [-0.2, 0) is 17.8 Å². The fourth-order valence-corrected chi connectivity index (χ4v) is 2.69. The number of nitrogens with zero attached hydrogens (tertiary/aromatic N) is 1. The molecule has 0 bridgehead atoms. The molecule has 0 unspecified atom stereocenters. The Hall–Kier alpha value is -2.60. The molecule has 0 aliphatic carbocycles. The molecule has 1 N–H and O–H groups in total. The zero-order valence-corrected chi connectivity index (χ0v) is 15.4. The lowest BCUT2D eigenvalue weighted by atomic mass is 10.1. The molecule has 0 radical (unpaired) electrons. The van der Waals surface area contributed by atoms with Gasteiger partial charge in [0.25, 0.3) is 0 Å². The van der Waals surface area contributed by atoms with E-state index in [1.807, 2.05) is 36.2 Å². The Kier molecular flexibility index (Phi) is 7.41. The van der Waals surface area contributed by atoms with Crippen LogP contribution in [0.5, 0.6) is 11.5 Å². The number of rotatable bonds is 9. The quantitative estimate of drug-likeness (QED) is 0.747. The van der Waals surface area contributed by atoms with E-state index >= 15 is 0 Å². The number of carbonyl (C=O) groups excluding carboxylic acids is 1. The van der Waals surface area contributed by atoms with E-state index in [-0.39, 0.29) is 18.3 Å². The first kappa shape index (κ1) is 19.7. The number of nitrogens with one attached hydrogen (secondary N) is 1. The number of methoxy groups -OCH3 is 2. The van der Waals surface area contributed by atoms with Crippen LogP contribution in [0.3, 0.4) is 0 Å². The van der Waals surface area contributed by atoms with Crippen molar-refractivity contribution < 1.29 is 18.7 Å². The van der Waals surface area contributed by atoms with Crippen molar-refractivity contribution in [1.29, 1.82) is 0 Å². The Morgan fingerprint density at radius 2 is 1.85 bits per heavy atom. The van der Waals surface area contributed by atoms with Crippen LogP contribution in [0.4, 0.5) is 4.39 Å². The Bertz CT molecular complexity index is 737. The lowest BCUT2D eigenvalue weighted by Gasteiger charge is -2.16. The molecule has 0 saturated heterocycles. The topological polar surface area (TPSA) is 50.8 Å². The van der Waals surface area contributed by atoms with Gasteiger partial charge in [0, 0.05) is 13.1 Å². The first-order valence-electron chi connectivity index (χ1n) is 8.42. The molecule has 2 aromatic carbocycles. The summed E-state index contributed by atoms with van der Waals surface area (Å²) >= 11 is 0. The Morgan fingerprint density at radius 3 is 2.54 bits per heavy atom. The van der Waals surface area contributed by atoms with Crippen molar-refractivity contribution >= 4 is 5.91 Å². The highest BCUT2D eigenvalue weighted by molar-refractivity contribution is 5.77. The van der Waals surface area contributed by atoms with Crippen LogP contribution in [0.2, 0.25) is 0 Å². The minimum atomic E-state index is -0.268.